The maximum atomic E-state index is 2.38. The van der Waals surface area contributed by atoms with E-state index in [1.54, 1.807) is 0 Å². The largest absolute Gasteiger partial charge is 0.304 e. The van der Waals surface area contributed by atoms with Crippen LogP contribution in [-0.2, 0) is 0 Å². The van der Waals surface area contributed by atoms with E-state index in [-0.39, 0.29) is 29.8 Å². The van der Waals surface area contributed by atoms with Gasteiger partial charge in [-0.3, -0.25) is 0 Å². The summed E-state index contributed by atoms with van der Waals surface area (Å²) in [6, 6.07) is 0. The van der Waals surface area contributed by atoms with Crippen molar-refractivity contribution >= 4 is 29.8 Å². The average molecular weight is 168 g/mol. The Kier molecular flexibility index (Phi) is 21.1. The van der Waals surface area contributed by atoms with Crippen LogP contribution in [0.5, 0.6) is 0 Å². The zero-order valence-electron chi connectivity index (χ0n) is 5.98. The fourth-order valence-electron chi connectivity index (χ4n) is 0.671. The van der Waals surface area contributed by atoms with Gasteiger partial charge >= 0.3 is 0 Å². The minimum absolute atomic E-state index is 0. The molecule has 0 radical (unpaired) electrons. The van der Waals surface area contributed by atoms with Crippen LogP contribution in [0.25, 0.3) is 0 Å². The summed E-state index contributed by atoms with van der Waals surface area (Å²) in [5.41, 5.74) is 0. The Hall–Kier alpha value is 0.782. The van der Waals surface area contributed by atoms with E-state index in [0.29, 0.717) is 0 Å². The molecule has 0 aliphatic rings. The Morgan fingerprint density at radius 1 is 0.889 bits per heavy atom. The lowest BCUT2D eigenvalue weighted by atomic mass is 10.5. The first-order valence-electron chi connectivity index (χ1n) is 3.07. The molecule has 1 nitrogen and oxygen atoms in total. The van der Waals surface area contributed by atoms with Crippen LogP contribution in [0.3, 0.4) is 0 Å². The second-order valence-corrected chi connectivity index (χ2v) is 1.62. The summed E-state index contributed by atoms with van der Waals surface area (Å²) >= 11 is 0. The Balaban J connectivity index is -0.000000180. The number of hydrogen-bond donors (Lipinski definition) is 0. The molecule has 0 aliphatic heterocycles. The van der Waals surface area contributed by atoms with Crippen LogP contribution in [0.1, 0.15) is 20.8 Å². The van der Waals surface area contributed by atoms with Crippen molar-refractivity contribution in [2.24, 2.45) is 0 Å². The van der Waals surface area contributed by atoms with Gasteiger partial charge in [0.2, 0.25) is 0 Å². The summed E-state index contributed by atoms with van der Waals surface area (Å²) in [5.74, 6) is 0. The first kappa shape index (κ1) is 16.4. The van der Waals surface area contributed by atoms with Gasteiger partial charge in [-0.05, 0) is 19.6 Å². The van der Waals surface area contributed by atoms with Crippen LogP contribution in [-0.4, -0.2) is 41.9 Å². The number of hydrogen-bond acceptors (Lipinski definition) is 1. The summed E-state index contributed by atoms with van der Waals surface area (Å²) < 4.78 is 0. The predicted molar refractivity (Wildman–Crippen MR) is 50.6 cm³/mol. The first-order chi connectivity index (χ1) is 3.35. The van der Waals surface area contributed by atoms with Crippen LogP contribution >= 0.6 is 12.4 Å². The smallest absolute Gasteiger partial charge is 0.187 e. The third kappa shape index (κ3) is 8.78. The van der Waals surface area contributed by atoms with Gasteiger partial charge in [0.1, 0.15) is 0 Å². The number of nitrogens with zero attached hydrogens (tertiary/aromatic N) is 1. The van der Waals surface area contributed by atoms with Crippen LogP contribution < -0.4 is 0 Å². The summed E-state index contributed by atoms with van der Waals surface area (Å²) in [6.45, 7) is 10.1. The monoisotopic (exact) mass is 167 g/mol. The van der Waals surface area contributed by atoms with E-state index >= 15 is 0 Å². The second-order valence-electron chi connectivity index (χ2n) is 1.62. The molecule has 0 heterocycles. The van der Waals surface area contributed by atoms with E-state index in [2.05, 4.69) is 25.7 Å². The molecule has 9 heavy (non-hydrogen) atoms. The highest BCUT2D eigenvalue weighted by atomic mass is 35.5. The lowest BCUT2D eigenvalue weighted by Crippen LogP contribution is -2.21. The summed E-state index contributed by atoms with van der Waals surface area (Å²) in [6.07, 6.45) is 0. The molecule has 58 valence electrons. The fraction of sp³-hybridized carbons (Fsp3) is 1.00. The maximum absolute atomic E-state index is 2.38. The Morgan fingerprint density at radius 3 is 1.11 bits per heavy atom. The number of rotatable bonds is 3. The second kappa shape index (κ2) is 11.6. The molecule has 3 heteroatoms. The third-order valence-corrected chi connectivity index (χ3v) is 1.34. The van der Waals surface area contributed by atoms with Gasteiger partial charge in [-0.2, -0.15) is 0 Å². The Bertz CT molecular complexity index is 34.5. The third-order valence-electron chi connectivity index (χ3n) is 1.34. The average Bonchev–Trinajstić information content (AvgIpc) is 1.72. The van der Waals surface area contributed by atoms with Crippen molar-refractivity contribution in [1.82, 2.24) is 4.90 Å². The van der Waals surface area contributed by atoms with Gasteiger partial charge in [-0.25, -0.2) is 0 Å². The fourth-order valence-corrected chi connectivity index (χ4v) is 0.671. The van der Waals surface area contributed by atoms with Crippen molar-refractivity contribution in [3.63, 3.8) is 0 Å². The highest BCUT2D eigenvalue weighted by molar-refractivity contribution is 5.85. The van der Waals surface area contributed by atoms with Gasteiger partial charge < -0.3 is 4.90 Å². The van der Waals surface area contributed by atoms with E-state index in [9.17, 15) is 0 Å². The molecule has 0 fully saturated rings. The minimum atomic E-state index is 0. The summed E-state index contributed by atoms with van der Waals surface area (Å²) in [4.78, 5) is 2.38. The van der Waals surface area contributed by atoms with Crippen molar-refractivity contribution in [3.05, 3.63) is 0 Å². The Morgan fingerprint density at radius 2 is 1.11 bits per heavy atom. The molecule has 0 saturated heterocycles. The van der Waals surface area contributed by atoms with E-state index in [1.807, 2.05) is 0 Å². The van der Waals surface area contributed by atoms with Crippen molar-refractivity contribution < 1.29 is 0 Å². The highest BCUT2D eigenvalue weighted by Crippen LogP contribution is 1.81. The summed E-state index contributed by atoms with van der Waals surface area (Å²) in [7, 11) is 0. The number of halogens is 1. The highest BCUT2D eigenvalue weighted by Gasteiger charge is 1.89. The van der Waals surface area contributed by atoms with Gasteiger partial charge in [0, 0.05) is 0 Å². The molecular formula is C6H19AlClN. The molecule has 0 amide bonds. The quantitative estimate of drug-likeness (QED) is 0.557. The van der Waals surface area contributed by atoms with Gasteiger partial charge in [0.25, 0.3) is 0 Å². The topological polar surface area (TPSA) is 3.24 Å². The van der Waals surface area contributed by atoms with E-state index < -0.39 is 0 Å². The molecule has 0 aromatic rings. The van der Waals surface area contributed by atoms with Gasteiger partial charge in [-0.15, -0.1) is 12.4 Å². The molecule has 0 aliphatic carbocycles. The standard InChI is InChI=1S/C6H15N.Al.ClH.3H/c1-4-7(5-2)6-3;;;;;/h4-6H2,1-3H3;;1H;;;. The van der Waals surface area contributed by atoms with Crippen LogP contribution in [0, 0.1) is 0 Å². The lowest BCUT2D eigenvalue weighted by Gasteiger charge is -2.13. The zero-order chi connectivity index (χ0) is 5.70. The van der Waals surface area contributed by atoms with E-state index in [0.717, 1.165) is 0 Å². The molecular weight excluding hydrogens is 149 g/mol. The van der Waals surface area contributed by atoms with Gasteiger partial charge in [0.15, 0.2) is 17.4 Å². The van der Waals surface area contributed by atoms with E-state index in [4.69, 9.17) is 0 Å². The van der Waals surface area contributed by atoms with Crippen molar-refractivity contribution in [1.29, 1.82) is 0 Å². The Labute approximate surface area is 75.4 Å². The van der Waals surface area contributed by atoms with Crippen LogP contribution in [0.15, 0.2) is 0 Å². The molecule has 0 unspecified atom stereocenters. The van der Waals surface area contributed by atoms with Crippen LogP contribution in [0.4, 0.5) is 0 Å². The van der Waals surface area contributed by atoms with Crippen molar-refractivity contribution in [2.75, 3.05) is 19.6 Å². The molecule has 0 aromatic heterocycles. The molecule has 0 N–H and O–H groups in total. The molecule has 0 aromatic carbocycles. The molecule has 0 rings (SSSR count). The lowest BCUT2D eigenvalue weighted by molar-refractivity contribution is 0.321. The predicted octanol–water partition coefficient (Wildman–Crippen LogP) is 0.586. The van der Waals surface area contributed by atoms with Gasteiger partial charge in [0.05, 0.1) is 0 Å². The van der Waals surface area contributed by atoms with Crippen molar-refractivity contribution in [3.8, 4) is 0 Å². The molecule has 0 bridgehead atoms. The van der Waals surface area contributed by atoms with Crippen molar-refractivity contribution in [2.45, 2.75) is 20.8 Å². The summed E-state index contributed by atoms with van der Waals surface area (Å²) in [5, 5.41) is 0. The normalized spacial score (nSPS) is 8.00. The maximum Gasteiger partial charge on any atom is 0.187 e. The van der Waals surface area contributed by atoms with E-state index in [1.165, 1.54) is 19.6 Å². The molecule has 0 saturated carbocycles. The zero-order valence-corrected chi connectivity index (χ0v) is 6.79. The minimum Gasteiger partial charge on any atom is -0.304 e. The molecule has 0 atom stereocenters. The van der Waals surface area contributed by atoms with Crippen LogP contribution in [0.2, 0.25) is 0 Å². The molecule has 0 spiro atoms. The van der Waals surface area contributed by atoms with Gasteiger partial charge in [-0.1, -0.05) is 20.8 Å². The SMILES string of the molecule is CCN(CC)CC.Cl.[AlH3]. The first-order valence-corrected chi connectivity index (χ1v) is 3.07.